The van der Waals surface area contributed by atoms with Gasteiger partial charge in [-0.3, -0.25) is 14.9 Å². The lowest BCUT2D eigenvalue weighted by molar-refractivity contribution is -0.542. The minimum atomic E-state index is -0.934. The summed E-state index contributed by atoms with van der Waals surface area (Å²) in [5, 5.41) is 10.8. The van der Waals surface area contributed by atoms with Gasteiger partial charge in [0.25, 0.3) is 0 Å². The van der Waals surface area contributed by atoms with Crippen molar-refractivity contribution in [3.05, 3.63) is 10.1 Å². The second-order valence-corrected chi connectivity index (χ2v) is 3.96. The van der Waals surface area contributed by atoms with Crippen LogP contribution in [0.25, 0.3) is 0 Å². The molecule has 1 aliphatic carbocycles. The molecule has 0 aliphatic heterocycles. The van der Waals surface area contributed by atoms with E-state index in [1.165, 1.54) is 7.11 Å². The maximum absolute atomic E-state index is 11.5. The zero-order chi connectivity index (χ0) is 10.8. The van der Waals surface area contributed by atoms with Crippen LogP contribution in [0.2, 0.25) is 0 Å². The van der Waals surface area contributed by atoms with Crippen LogP contribution in [0.4, 0.5) is 0 Å². The smallest absolute Gasteiger partial charge is 0.318 e. The van der Waals surface area contributed by atoms with Crippen LogP contribution in [0.5, 0.6) is 0 Å². The van der Waals surface area contributed by atoms with Gasteiger partial charge in [-0.25, -0.2) is 0 Å². The zero-order valence-electron chi connectivity index (χ0n) is 8.49. The summed E-state index contributed by atoms with van der Waals surface area (Å²) >= 11 is 0. The van der Waals surface area contributed by atoms with E-state index in [2.05, 4.69) is 4.74 Å². The van der Waals surface area contributed by atoms with E-state index in [-0.39, 0.29) is 4.92 Å². The number of carbonyl (C=O) groups is 1. The van der Waals surface area contributed by atoms with Gasteiger partial charge in [0.2, 0.25) is 6.04 Å². The van der Waals surface area contributed by atoms with E-state index >= 15 is 0 Å². The zero-order valence-corrected chi connectivity index (χ0v) is 8.49. The molecule has 0 unspecified atom stereocenters. The molecular formula is C9H15NO4. The Morgan fingerprint density at radius 2 is 2.21 bits per heavy atom. The first-order valence-electron chi connectivity index (χ1n) is 4.74. The summed E-state index contributed by atoms with van der Waals surface area (Å²) in [5.41, 5.74) is -0.934. The number of ether oxygens (including phenoxy) is 1. The molecule has 1 rings (SSSR count). The van der Waals surface area contributed by atoms with Crippen molar-refractivity contribution in [3.63, 3.8) is 0 Å². The number of hydrogen-bond donors (Lipinski definition) is 0. The van der Waals surface area contributed by atoms with E-state index in [4.69, 9.17) is 0 Å². The van der Waals surface area contributed by atoms with Gasteiger partial charge >= 0.3 is 5.97 Å². The van der Waals surface area contributed by atoms with Crippen LogP contribution >= 0.6 is 0 Å². The highest BCUT2D eigenvalue weighted by Gasteiger charge is 2.51. The quantitative estimate of drug-likeness (QED) is 0.384. The topological polar surface area (TPSA) is 69.4 Å². The lowest BCUT2D eigenvalue weighted by atomic mass is 9.72. The van der Waals surface area contributed by atoms with Gasteiger partial charge in [-0.15, -0.1) is 0 Å². The van der Waals surface area contributed by atoms with Crippen molar-refractivity contribution < 1.29 is 14.5 Å². The number of nitrogens with zero attached hydrogens (tertiary/aromatic N) is 1. The Kier molecular flexibility index (Phi) is 3.08. The molecule has 0 N–H and O–H groups in total. The summed E-state index contributed by atoms with van der Waals surface area (Å²) < 4.78 is 4.63. The third-order valence-corrected chi connectivity index (χ3v) is 3.07. The number of rotatable bonds is 2. The first-order valence-corrected chi connectivity index (χ1v) is 4.74. The fraction of sp³-hybridized carbons (Fsp3) is 0.889. The van der Waals surface area contributed by atoms with E-state index in [9.17, 15) is 14.9 Å². The molecule has 0 spiro atoms. The minimum absolute atomic E-state index is 0.351. The summed E-state index contributed by atoms with van der Waals surface area (Å²) in [7, 11) is 1.28. The Bertz CT molecular complexity index is 253. The number of nitro groups is 1. The van der Waals surface area contributed by atoms with Crippen LogP contribution in [0.1, 0.15) is 32.6 Å². The molecule has 2 atom stereocenters. The SMILES string of the molecule is COC(=O)[C@]1(C)CCCC[C@H]1[N+](=O)[O-]. The molecule has 0 saturated heterocycles. The van der Waals surface area contributed by atoms with Crippen LogP contribution in [0.15, 0.2) is 0 Å². The third kappa shape index (κ3) is 1.71. The van der Waals surface area contributed by atoms with Crippen molar-refractivity contribution in [3.8, 4) is 0 Å². The highest BCUT2D eigenvalue weighted by atomic mass is 16.6. The van der Waals surface area contributed by atoms with Crippen molar-refractivity contribution in [1.29, 1.82) is 0 Å². The summed E-state index contributed by atoms with van der Waals surface area (Å²) in [6.45, 7) is 1.63. The molecule has 14 heavy (non-hydrogen) atoms. The van der Waals surface area contributed by atoms with Gasteiger partial charge in [0.05, 0.1) is 7.11 Å². The third-order valence-electron chi connectivity index (χ3n) is 3.07. The Hall–Kier alpha value is -1.13. The molecule has 0 aromatic carbocycles. The van der Waals surface area contributed by atoms with Crippen molar-refractivity contribution in [2.24, 2.45) is 5.41 Å². The predicted octanol–water partition coefficient (Wildman–Crippen LogP) is 1.38. The molecular weight excluding hydrogens is 186 g/mol. The number of carbonyl (C=O) groups excluding carboxylic acids is 1. The van der Waals surface area contributed by atoms with Crippen LogP contribution < -0.4 is 0 Å². The fourth-order valence-corrected chi connectivity index (χ4v) is 2.12. The van der Waals surface area contributed by atoms with Crippen molar-refractivity contribution in [2.45, 2.75) is 38.6 Å². The lowest BCUT2D eigenvalue weighted by Crippen LogP contribution is -2.47. The van der Waals surface area contributed by atoms with Gasteiger partial charge in [-0.2, -0.15) is 0 Å². The van der Waals surface area contributed by atoms with E-state index < -0.39 is 17.4 Å². The Balaban J connectivity index is 2.90. The summed E-state index contributed by atoms with van der Waals surface area (Å²) in [5.74, 6) is -0.459. The molecule has 1 fully saturated rings. The average molecular weight is 201 g/mol. The molecule has 1 saturated carbocycles. The number of esters is 1. The largest absolute Gasteiger partial charge is 0.468 e. The van der Waals surface area contributed by atoms with Crippen LogP contribution in [-0.2, 0) is 9.53 Å². The van der Waals surface area contributed by atoms with Gasteiger partial charge in [0.15, 0.2) is 0 Å². The predicted molar refractivity (Wildman–Crippen MR) is 49.4 cm³/mol. The molecule has 0 heterocycles. The highest BCUT2D eigenvalue weighted by molar-refractivity contribution is 5.77. The van der Waals surface area contributed by atoms with Gasteiger partial charge in [-0.05, 0) is 19.8 Å². The van der Waals surface area contributed by atoms with Crippen LogP contribution in [-0.4, -0.2) is 24.0 Å². The average Bonchev–Trinajstić information content (AvgIpc) is 2.16. The maximum atomic E-state index is 11.5. The molecule has 0 aromatic rings. The highest BCUT2D eigenvalue weighted by Crippen LogP contribution is 2.38. The lowest BCUT2D eigenvalue weighted by Gasteiger charge is -2.32. The maximum Gasteiger partial charge on any atom is 0.318 e. The minimum Gasteiger partial charge on any atom is -0.468 e. The Morgan fingerprint density at radius 3 is 2.71 bits per heavy atom. The van der Waals surface area contributed by atoms with Crippen molar-refractivity contribution >= 4 is 5.97 Å². The van der Waals surface area contributed by atoms with E-state index in [1.807, 2.05) is 0 Å². The molecule has 80 valence electrons. The van der Waals surface area contributed by atoms with Gasteiger partial charge in [-0.1, -0.05) is 6.42 Å². The standard InChI is InChI=1S/C9H15NO4/c1-9(8(11)14-2)6-4-3-5-7(9)10(12)13/h7H,3-6H2,1-2H3/t7-,9-/m1/s1. The Labute approximate surface area is 82.6 Å². The fourth-order valence-electron chi connectivity index (χ4n) is 2.12. The van der Waals surface area contributed by atoms with E-state index in [0.717, 1.165) is 12.8 Å². The van der Waals surface area contributed by atoms with Gasteiger partial charge in [0.1, 0.15) is 5.41 Å². The first kappa shape index (κ1) is 10.9. The summed E-state index contributed by atoms with van der Waals surface area (Å²) in [6, 6.07) is -0.788. The monoisotopic (exact) mass is 201 g/mol. The number of hydrogen-bond acceptors (Lipinski definition) is 4. The second kappa shape index (κ2) is 3.94. The first-order chi connectivity index (χ1) is 6.52. The van der Waals surface area contributed by atoms with E-state index in [1.54, 1.807) is 6.92 Å². The normalized spacial score (nSPS) is 32.3. The molecule has 0 radical (unpaired) electrons. The van der Waals surface area contributed by atoms with Gasteiger partial charge < -0.3 is 4.74 Å². The molecule has 0 aromatic heterocycles. The van der Waals surface area contributed by atoms with Crippen LogP contribution in [0.3, 0.4) is 0 Å². The van der Waals surface area contributed by atoms with Gasteiger partial charge in [0, 0.05) is 11.3 Å². The molecule has 0 amide bonds. The van der Waals surface area contributed by atoms with Crippen molar-refractivity contribution in [1.82, 2.24) is 0 Å². The Morgan fingerprint density at radius 1 is 1.57 bits per heavy atom. The molecule has 1 aliphatic rings. The number of methoxy groups -OCH3 is 1. The summed E-state index contributed by atoms with van der Waals surface area (Å²) in [4.78, 5) is 21.9. The van der Waals surface area contributed by atoms with E-state index in [0.29, 0.717) is 12.8 Å². The molecule has 5 nitrogen and oxygen atoms in total. The second-order valence-electron chi connectivity index (χ2n) is 3.96. The summed E-state index contributed by atoms with van der Waals surface area (Å²) in [6.07, 6.45) is 2.69. The molecule has 0 bridgehead atoms. The van der Waals surface area contributed by atoms with Crippen LogP contribution in [0, 0.1) is 15.5 Å². The van der Waals surface area contributed by atoms with Crippen molar-refractivity contribution in [2.75, 3.05) is 7.11 Å². The molecule has 5 heteroatoms.